The van der Waals surface area contributed by atoms with Crippen LogP contribution in [0.4, 0.5) is 0 Å². The van der Waals surface area contributed by atoms with Gasteiger partial charge in [0.1, 0.15) is 23.3 Å². The molecule has 0 atom stereocenters. The van der Waals surface area contributed by atoms with Crippen molar-refractivity contribution in [3.63, 3.8) is 0 Å². The number of ether oxygens (including phenoxy) is 3. The van der Waals surface area contributed by atoms with Gasteiger partial charge >= 0.3 is 0 Å². The molecular weight excluding hydrogens is 474 g/mol. The number of likely N-dealkylation sites (N-methyl/N-ethyl adjacent to an activating group) is 1. The Hall–Kier alpha value is -2.03. The van der Waals surface area contributed by atoms with Gasteiger partial charge in [0.2, 0.25) is 0 Å². The number of hydrogen-bond acceptors (Lipinski definition) is 6. The highest BCUT2D eigenvalue weighted by atomic mass is 79.9. The van der Waals surface area contributed by atoms with Gasteiger partial charge in [0.05, 0.1) is 16.0 Å². The first kappa shape index (κ1) is 21.7. The Bertz CT molecular complexity index is 934. The minimum Gasteiger partial charge on any atom is -0.490 e. The smallest absolute Gasteiger partial charge is 0.265 e. The van der Waals surface area contributed by atoms with Crippen LogP contribution >= 0.6 is 39.9 Å². The molecular formula is C21H20BrNO4S2. The fourth-order valence-corrected chi connectivity index (χ4v) is 4.34. The summed E-state index contributed by atoms with van der Waals surface area (Å²) in [6.07, 6.45) is 1.80. The van der Waals surface area contributed by atoms with Gasteiger partial charge in [0.25, 0.3) is 5.91 Å². The van der Waals surface area contributed by atoms with E-state index in [-0.39, 0.29) is 5.91 Å². The summed E-state index contributed by atoms with van der Waals surface area (Å²) in [4.78, 5) is 14.3. The molecule has 2 aromatic rings. The first-order valence-corrected chi connectivity index (χ1v) is 11.0. The van der Waals surface area contributed by atoms with Crippen molar-refractivity contribution < 1.29 is 19.0 Å². The van der Waals surface area contributed by atoms with Crippen molar-refractivity contribution in [2.24, 2.45) is 0 Å². The second-order valence-corrected chi connectivity index (χ2v) is 8.54. The molecule has 8 heteroatoms. The van der Waals surface area contributed by atoms with Crippen LogP contribution in [0.2, 0.25) is 0 Å². The number of amides is 1. The summed E-state index contributed by atoms with van der Waals surface area (Å²) in [5.41, 5.74) is 0.821. The monoisotopic (exact) mass is 493 g/mol. The fourth-order valence-electron chi connectivity index (χ4n) is 2.59. The average molecular weight is 494 g/mol. The molecule has 2 aromatic carbocycles. The number of hydrogen-bond donors (Lipinski definition) is 0. The topological polar surface area (TPSA) is 48.0 Å². The van der Waals surface area contributed by atoms with E-state index in [4.69, 9.17) is 26.4 Å². The van der Waals surface area contributed by atoms with Crippen LogP contribution in [0.15, 0.2) is 51.8 Å². The van der Waals surface area contributed by atoms with Gasteiger partial charge in [-0.1, -0.05) is 42.2 Å². The third-order valence-electron chi connectivity index (χ3n) is 3.96. The quantitative estimate of drug-likeness (QED) is 0.288. The van der Waals surface area contributed by atoms with E-state index < -0.39 is 0 Å². The van der Waals surface area contributed by atoms with Gasteiger partial charge < -0.3 is 14.2 Å². The van der Waals surface area contributed by atoms with Crippen LogP contribution in [-0.4, -0.2) is 42.0 Å². The second-order valence-electron chi connectivity index (χ2n) is 6.01. The Balaban J connectivity index is 1.72. The zero-order valence-corrected chi connectivity index (χ0v) is 19.2. The zero-order chi connectivity index (χ0) is 20.8. The third-order valence-corrected chi connectivity index (χ3v) is 6.03. The lowest BCUT2D eigenvalue weighted by atomic mass is 10.2. The Kier molecular flexibility index (Phi) is 7.57. The Morgan fingerprint density at radius 3 is 2.52 bits per heavy atom. The van der Waals surface area contributed by atoms with E-state index >= 15 is 0 Å². The van der Waals surface area contributed by atoms with E-state index in [9.17, 15) is 4.79 Å². The minimum atomic E-state index is -0.104. The highest BCUT2D eigenvalue weighted by molar-refractivity contribution is 9.10. The number of thioether (sulfide) groups is 1. The Morgan fingerprint density at radius 2 is 1.86 bits per heavy atom. The lowest BCUT2D eigenvalue weighted by molar-refractivity contribution is -0.121. The largest absolute Gasteiger partial charge is 0.490 e. The predicted octanol–water partition coefficient (Wildman–Crippen LogP) is 5.14. The van der Waals surface area contributed by atoms with E-state index in [1.54, 1.807) is 13.1 Å². The maximum atomic E-state index is 12.2. The van der Waals surface area contributed by atoms with Crippen molar-refractivity contribution in [2.45, 2.75) is 6.92 Å². The number of carbonyl (C=O) groups excluding carboxylic acids is 1. The SMILES string of the molecule is CCOc1cc(C=C2SC(=S)N(C)C2=O)cc(Br)c1OCCOc1ccccc1. The lowest BCUT2D eigenvalue weighted by Gasteiger charge is -2.15. The van der Waals surface area contributed by atoms with Crippen LogP contribution in [0.25, 0.3) is 6.08 Å². The molecule has 5 nitrogen and oxygen atoms in total. The van der Waals surface area contributed by atoms with E-state index in [1.807, 2.05) is 49.4 Å². The van der Waals surface area contributed by atoms with E-state index in [2.05, 4.69) is 15.9 Å². The molecule has 0 unspecified atom stereocenters. The summed E-state index contributed by atoms with van der Waals surface area (Å²) >= 11 is 10.0. The van der Waals surface area contributed by atoms with Gasteiger partial charge in [-0.15, -0.1) is 0 Å². The van der Waals surface area contributed by atoms with Crippen molar-refractivity contribution in [1.82, 2.24) is 4.90 Å². The number of carbonyl (C=O) groups is 1. The molecule has 1 amide bonds. The molecule has 0 N–H and O–H groups in total. The highest BCUT2D eigenvalue weighted by Gasteiger charge is 2.28. The van der Waals surface area contributed by atoms with Crippen molar-refractivity contribution in [3.8, 4) is 17.2 Å². The summed E-state index contributed by atoms with van der Waals surface area (Å²) in [7, 11) is 1.68. The van der Waals surface area contributed by atoms with E-state index in [1.165, 1.54) is 16.7 Å². The molecule has 0 aromatic heterocycles. The molecule has 1 aliphatic heterocycles. The highest BCUT2D eigenvalue weighted by Crippen LogP contribution is 2.39. The molecule has 0 radical (unpaired) electrons. The van der Waals surface area contributed by atoms with Crippen LogP contribution in [0.1, 0.15) is 12.5 Å². The van der Waals surface area contributed by atoms with Gasteiger partial charge in [0.15, 0.2) is 11.5 Å². The number of nitrogens with zero attached hydrogens (tertiary/aromatic N) is 1. The molecule has 1 saturated heterocycles. The molecule has 0 bridgehead atoms. The molecule has 1 fully saturated rings. The Labute approximate surface area is 188 Å². The third kappa shape index (κ3) is 5.52. The predicted molar refractivity (Wildman–Crippen MR) is 124 cm³/mol. The average Bonchev–Trinajstić information content (AvgIpc) is 2.94. The number of halogens is 1. The van der Waals surface area contributed by atoms with Gasteiger partial charge in [-0.2, -0.15) is 0 Å². The van der Waals surface area contributed by atoms with Crippen LogP contribution in [0.5, 0.6) is 17.2 Å². The summed E-state index contributed by atoms with van der Waals surface area (Å²) in [6, 6.07) is 13.3. The molecule has 29 heavy (non-hydrogen) atoms. The van der Waals surface area contributed by atoms with E-state index in [0.29, 0.717) is 40.5 Å². The molecule has 0 saturated carbocycles. The first-order valence-electron chi connectivity index (χ1n) is 8.98. The van der Waals surface area contributed by atoms with Gasteiger partial charge in [-0.3, -0.25) is 9.69 Å². The number of thiocarbonyl (C=S) groups is 1. The number of rotatable bonds is 8. The van der Waals surface area contributed by atoms with E-state index in [0.717, 1.165) is 15.8 Å². The lowest BCUT2D eigenvalue weighted by Crippen LogP contribution is -2.22. The number of para-hydroxylation sites is 1. The summed E-state index contributed by atoms with van der Waals surface area (Å²) in [5, 5.41) is 0. The summed E-state index contributed by atoms with van der Waals surface area (Å²) in [5.74, 6) is 1.89. The molecule has 3 rings (SSSR count). The summed E-state index contributed by atoms with van der Waals surface area (Å²) in [6.45, 7) is 3.17. The van der Waals surface area contributed by atoms with Crippen LogP contribution in [-0.2, 0) is 4.79 Å². The molecule has 0 spiro atoms. The first-order chi connectivity index (χ1) is 14.0. The van der Waals surface area contributed by atoms with Gasteiger partial charge in [-0.05, 0) is 58.8 Å². The molecule has 152 valence electrons. The van der Waals surface area contributed by atoms with Crippen molar-refractivity contribution in [3.05, 3.63) is 57.4 Å². The second kappa shape index (κ2) is 10.1. The fraction of sp³-hybridized carbons (Fsp3) is 0.238. The zero-order valence-electron chi connectivity index (χ0n) is 16.0. The van der Waals surface area contributed by atoms with Crippen molar-refractivity contribution in [1.29, 1.82) is 0 Å². The van der Waals surface area contributed by atoms with Crippen molar-refractivity contribution >= 4 is 56.2 Å². The maximum absolute atomic E-state index is 12.2. The van der Waals surface area contributed by atoms with Crippen LogP contribution < -0.4 is 14.2 Å². The Morgan fingerprint density at radius 1 is 1.14 bits per heavy atom. The minimum absolute atomic E-state index is 0.104. The molecule has 1 heterocycles. The number of benzene rings is 2. The standard InChI is InChI=1S/C21H20BrNO4S2/c1-3-25-17-12-14(13-18-20(24)23(2)21(28)29-18)11-16(22)19(17)27-10-9-26-15-7-5-4-6-8-15/h4-8,11-13H,3,9-10H2,1-2H3. The van der Waals surface area contributed by atoms with Gasteiger partial charge in [-0.25, -0.2) is 0 Å². The molecule has 1 aliphatic rings. The van der Waals surface area contributed by atoms with Crippen molar-refractivity contribution in [2.75, 3.05) is 26.9 Å². The maximum Gasteiger partial charge on any atom is 0.265 e. The van der Waals surface area contributed by atoms with Gasteiger partial charge in [0, 0.05) is 7.05 Å². The van der Waals surface area contributed by atoms with Crippen LogP contribution in [0, 0.1) is 0 Å². The summed E-state index contributed by atoms with van der Waals surface area (Å²) < 4.78 is 18.6. The normalized spacial score (nSPS) is 15.1. The van der Waals surface area contributed by atoms with Crippen LogP contribution in [0.3, 0.4) is 0 Å². The molecule has 0 aliphatic carbocycles.